The normalized spacial score (nSPS) is 23.2. The highest BCUT2D eigenvalue weighted by Crippen LogP contribution is 2.30. The Kier molecular flexibility index (Phi) is 6.05. The van der Waals surface area contributed by atoms with E-state index in [1.54, 1.807) is 20.8 Å². The molecule has 1 aliphatic rings. The predicted molar refractivity (Wildman–Crippen MR) is 92.6 cm³/mol. The summed E-state index contributed by atoms with van der Waals surface area (Å²) in [5, 5.41) is 3.78. The van der Waals surface area contributed by atoms with E-state index in [9.17, 15) is 9.59 Å². The first-order chi connectivity index (χ1) is 11.8. The van der Waals surface area contributed by atoms with Crippen molar-refractivity contribution in [1.29, 1.82) is 0 Å². The standard InChI is InChI=1S/C16H25N5O4/c1-9(2)21-15(22)11(5)7-20(16(21)23)14-6-12(18-19-17)13(25-14)8-24-10(3)4/h7,9-10,12-14H,6,8H2,1-5H3/t12?,13-,14-/m1/s1. The Morgan fingerprint density at radius 1 is 1.40 bits per heavy atom. The summed E-state index contributed by atoms with van der Waals surface area (Å²) in [6.07, 6.45) is 0.837. The fourth-order valence-corrected chi connectivity index (χ4v) is 2.89. The van der Waals surface area contributed by atoms with Crippen molar-refractivity contribution in [1.82, 2.24) is 9.13 Å². The molecular formula is C16H25N5O4. The number of aryl methyl sites for hydroxylation is 1. The second-order valence-corrected chi connectivity index (χ2v) is 6.79. The Morgan fingerprint density at radius 2 is 2.08 bits per heavy atom. The molecule has 0 aliphatic carbocycles. The zero-order chi connectivity index (χ0) is 18.7. The molecule has 0 radical (unpaired) electrons. The van der Waals surface area contributed by atoms with Crippen molar-refractivity contribution in [2.24, 2.45) is 5.11 Å². The lowest BCUT2D eigenvalue weighted by atomic mass is 10.1. The van der Waals surface area contributed by atoms with Gasteiger partial charge in [-0.3, -0.25) is 13.9 Å². The van der Waals surface area contributed by atoms with E-state index in [4.69, 9.17) is 15.0 Å². The summed E-state index contributed by atoms with van der Waals surface area (Å²) in [6.45, 7) is 9.31. The van der Waals surface area contributed by atoms with Gasteiger partial charge in [0.25, 0.3) is 5.56 Å². The zero-order valence-electron chi connectivity index (χ0n) is 15.2. The molecule has 138 valence electrons. The van der Waals surface area contributed by atoms with Gasteiger partial charge in [0.05, 0.1) is 24.9 Å². The van der Waals surface area contributed by atoms with Crippen LogP contribution in [0.4, 0.5) is 0 Å². The molecule has 2 heterocycles. The van der Waals surface area contributed by atoms with Crippen molar-refractivity contribution < 1.29 is 9.47 Å². The van der Waals surface area contributed by atoms with Gasteiger partial charge in [-0.05, 0) is 40.1 Å². The number of hydrogen-bond donors (Lipinski definition) is 0. The van der Waals surface area contributed by atoms with E-state index < -0.39 is 24.1 Å². The topological polar surface area (TPSA) is 111 Å². The van der Waals surface area contributed by atoms with Crippen molar-refractivity contribution in [2.75, 3.05) is 6.61 Å². The monoisotopic (exact) mass is 351 g/mol. The average Bonchev–Trinajstić information content (AvgIpc) is 2.92. The summed E-state index contributed by atoms with van der Waals surface area (Å²) in [5.74, 6) is 0. The van der Waals surface area contributed by atoms with E-state index in [0.717, 1.165) is 0 Å². The lowest BCUT2D eigenvalue weighted by Gasteiger charge is -2.20. The van der Waals surface area contributed by atoms with Gasteiger partial charge < -0.3 is 9.47 Å². The molecule has 0 N–H and O–H groups in total. The SMILES string of the molecule is Cc1cn([C@H]2CC(N=[N+]=[N-])[C@@H](COC(C)C)O2)c(=O)n(C(C)C)c1=O. The molecule has 1 saturated heterocycles. The van der Waals surface area contributed by atoms with Gasteiger partial charge in [0.15, 0.2) is 0 Å². The summed E-state index contributed by atoms with van der Waals surface area (Å²) in [6, 6.07) is -0.694. The van der Waals surface area contributed by atoms with Crippen LogP contribution < -0.4 is 11.2 Å². The average molecular weight is 351 g/mol. The molecule has 9 nitrogen and oxygen atoms in total. The minimum atomic E-state index is -0.604. The maximum absolute atomic E-state index is 12.7. The van der Waals surface area contributed by atoms with E-state index in [0.29, 0.717) is 12.0 Å². The van der Waals surface area contributed by atoms with Crippen LogP contribution in [0.25, 0.3) is 10.4 Å². The lowest BCUT2D eigenvalue weighted by molar-refractivity contribution is -0.0581. The first kappa shape index (κ1) is 19.2. The first-order valence-corrected chi connectivity index (χ1v) is 8.41. The Bertz CT molecular complexity index is 776. The van der Waals surface area contributed by atoms with Gasteiger partial charge in [-0.15, -0.1) is 0 Å². The third kappa shape index (κ3) is 4.12. The number of rotatable bonds is 6. The fraction of sp³-hybridized carbons (Fsp3) is 0.750. The Hall–Kier alpha value is -2.09. The molecule has 1 aromatic heterocycles. The Labute approximate surface area is 145 Å². The van der Waals surface area contributed by atoms with Crippen molar-refractivity contribution in [3.05, 3.63) is 43.0 Å². The largest absolute Gasteiger partial charge is 0.376 e. The van der Waals surface area contributed by atoms with Crippen LogP contribution >= 0.6 is 0 Å². The van der Waals surface area contributed by atoms with E-state index >= 15 is 0 Å². The van der Waals surface area contributed by atoms with Gasteiger partial charge in [0.2, 0.25) is 0 Å². The van der Waals surface area contributed by atoms with Gasteiger partial charge in [0, 0.05) is 29.1 Å². The van der Waals surface area contributed by atoms with Gasteiger partial charge in [-0.1, -0.05) is 5.11 Å². The molecular weight excluding hydrogens is 326 g/mol. The Balaban J connectivity index is 2.38. The van der Waals surface area contributed by atoms with Crippen molar-refractivity contribution in [2.45, 2.75) is 71.6 Å². The number of azide groups is 1. The predicted octanol–water partition coefficient (Wildman–Crippen LogP) is 2.29. The summed E-state index contributed by atoms with van der Waals surface area (Å²) >= 11 is 0. The van der Waals surface area contributed by atoms with Crippen LogP contribution in [0.3, 0.4) is 0 Å². The molecule has 1 unspecified atom stereocenters. The molecule has 3 atom stereocenters. The zero-order valence-corrected chi connectivity index (χ0v) is 15.2. The third-order valence-electron chi connectivity index (χ3n) is 4.14. The fourth-order valence-electron chi connectivity index (χ4n) is 2.89. The highest BCUT2D eigenvalue weighted by molar-refractivity contribution is 5.05. The molecule has 1 aromatic rings. The smallest absolute Gasteiger partial charge is 0.333 e. The quantitative estimate of drug-likeness (QED) is 0.444. The van der Waals surface area contributed by atoms with Crippen LogP contribution in [-0.2, 0) is 9.47 Å². The minimum Gasteiger partial charge on any atom is -0.376 e. The van der Waals surface area contributed by atoms with Crippen LogP contribution in [-0.4, -0.2) is 34.0 Å². The maximum Gasteiger partial charge on any atom is 0.333 e. The second kappa shape index (κ2) is 7.86. The number of hydrogen-bond acceptors (Lipinski definition) is 5. The van der Waals surface area contributed by atoms with E-state index in [1.165, 1.54) is 15.3 Å². The van der Waals surface area contributed by atoms with Crippen molar-refractivity contribution in [3.63, 3.8) is 0 Å². The second-order valence-electron chi connectivity index (χ2n) is 6.79. The molecule has 25 heavy (non-hydrogen) atoms. The molecule has 0 saturated carbocycles. The van der Waals surface area contributed by atoms with E-state index in [1.807, 2.05) is 13.8 Å². The minimum absolute atomic E-state index is 0.0159. The summed E-state index contributed by atoms with van der Waals surface area (Å²) in [7, 11) is 0. The van der Waals surface area contributed by atoms with Gasteiger partial charge in [-0.25, -0.2) is 4.79 Å². The number of ether oxygens (including phenoxy) is 2. The Morgan fingerprint density at radius 3 is 2.64 bits per heavy atom. The van der Waals surface area contributed by atoms with Crippen LogP contribution in [0.1, 0.15) is 51.9 Å². The molecule has 1 aliphatic heterocycles. The van der Waals surface area contributed by atoms with Crippen LogP contribution in [0.15, 0.2) is 20.9 Å². The molecule has 0 aromatic carbocycles. The molecule has 9 heteroatoms. The van der Waals surface area contributed by atoms with E-state index in [-0.39, 0.29) is 24.3 Å². The van der Waals surface area contributed by atoms with Gasteiger partial charge in [-0.2, -0.15) is 0 Å². The third-order valence-corrected chi connectivity index (χ3v) is 4.14. The van der Waals surface area contributed by atoms with Gasteiger partial charge in [0.1, 0.15) is 6.23 Å². The van der Waals surface area contributed by atoms with E-state index in [2.05, 4.69) is 10.0 Å². The summed E-state index contributed by atoms with van der Waals surface area (Å²) in [5.41, 5.74) is 8.50. The lowest BCUT2D eigenvalue weighted by Crippen LogP contribution is -2.43. The van der Waals surface area contributed by atoms with Crippen LogP contribution in [0, 0.1) is 6.92 Å². The van der Waals surface area contributed by atoms with Crippen molar-refractivity contribution in [3.8, 4) is 0 Å². The molecule has 0 spiro atoms. The van der Waals surface area contributed by atoms with Crippen LogP contribution in [0.2, 0.25) is 0 Å². The summed E-state index contributed by atoms with van der Waals surface area (Å²) in [4.78, 5) is 27.8. The highest BCUT2D eigenvalue weighted by atomic mass is 16.6. The highest BCUT2D eigenvalue weighted by Gasteiger charge is 2.37. The number of nitrogens with zero attached hydrogens (tertiary/aromatic N) is 5. The molecule has 1 fully saturated rings. The molecule has 0 amide bonds. The number of aromatic nitrogens is 2. The summed E-state index contributed by atoms with van der Waals surface area (Å²) < 4.78 is 14.1. The maximum atomic E-state index is 12.7. The first-order valence-electron chi connectivity index (χ1n) is 8.41. The molecule has 2 rings (SSSR count). The van der Waals surface area contributed by atoms with Crippen molar-refractivity contribution >= 4 is 0 Å². The van der Waals surface area contributed by atoms with Gasteiger partial charge >= 0.3 is 5.69 Å². The van der Waals surface area contributed by atoms with Crippen LogP contribution in [0.5, 0.6) is 0 Å². The molecule has 0 bridgehead atoms.